The second kappa shape index (κ2) is 7.70. The van der Waals surface area contributed by atoms with Crippen molar-refractivity contribution < 1.29 is 9.50 Å². The maximum atomic E-state index is 12.9. The minimum Gasteiger partial charge on any atom is -0.508 e. The number of benzene rings is 2. The van der Waals surface area contributed by atoms with E-state index in [1.807, 2.05) is 24.3 Å². The zero-order chi connectivity index (χ0) is 16.8. The van der Waals surface area contributed by atoms with Gasteiger partial charge in [-0.15, -0.1) is 0 Å². The van der Waals surface area contributed by atoms with E-state index in [0.29, 0.717) is 6.54 Å². The minimum absolute atomic E-state index is 0.219. The molecule has 1 aromatic heterocycles. The van der Waals surface area contributed by atoms with Crippen LogP contribution in [0.3, 0.4) is 0 Å². The third kappa shape index (κ3) is 4.18. The first kappa shape index (κ1) is 16.1. The van der Waals surface area contributed by atoms with Crippen LogP contribution >= 0.6 is 0 Å². The summed E-state index contributed by atoms with van der Waals surface area (Å²) in [7, 11) is 0. The molecule has 0 spiro atoms. The smallest absolute Gasteiger partial charge is 0.123 e. The second-order valence-electron chi connectivity index (χ2n) is 5.64. The average molecular weight is 322 g/mol. The van der Waals surface area contributed by atoms with Gasteiger partial charge in [-0.25, -0.2) is 4.39 Å². The first-order valence-electron chi connectivity index (χ1n) is 7.90. The number of aromatic hydroxyl groups is 1. The van der Waals surface area contributed by atoms with Gasteiger partial charge in [-0.05, 0) is 54.4 Å². The van der Waals surface area contributed by atoms with Crippen molar-refractivity contribution >= 4 is 0 Å². The number of halogens is 1. The Morgan fingerprint density at radius 2 is 1.83 bits per heavy atom. The molecule has 0 saturated carbocycles. The van der Waals surface area contributed by atoms with Crippen molar-refractivity contribution in [3.63, 3.8) is 0 Å². The molecule has 3 rings (SSSR count). The fourth-order valence-electron chi connectivity index (χ4n) is 2.55. The lowest BCUT2D eigenvalue weighted by Crippen LogP contribution is -2.16. The summed E-state index contributed by atoms with van der Waals surface area (Å²) in [6.45, 7) is 1.32. The molecular formula is C20H19FN2O. The Morgan fingerprint density at radius 3 is 2.58 bits per heavy atom. The highest BCUT2D eigenvalue weighted by Gasteiger charge is 2.05. The number of aromatic nitrogens is 1. The quantitative estimate of drug-likeness (QED) is 0.676. The van der Waals surface area contributed by atoms with Crippen LogP contribution in [0.5, 0.6) is 5.75 Å². The number of nitrogens with one attached hydrogen (secondary N) is 1. The van der Waals surface area contributed by atoms with Crippen LogP contribution in [0.2, 0.25) is 0 Å². The Kier molecular flexibility index (Phi) is 5.18. The zero-order valence-electron chi connectivity index (χ0n) is 13.2. The van der Waals surface area contributed by atoms with E-state index in [0.717, 1.165) is 35.2 Å². The van der Waals surface area contributed by atoms with Crippen LogP contribution in [0.15, 0.2) is 67.0 Å². The number of hydrogen-bond donors (Lipinski definition) is 2. The predicted molar refractivity (Wildman–Crippen MR) is 93.1 cm³/mol. The Hall–Kier alpha value is -2.72. The molecule has 0 bridgehead atoms. The molecule has 3 nitrogen and oxygen atoms in total. The summed E-state index contributed by atoms with van der Waals surface area (Å²) in [5, 5.41) is 13.3. The van der Waals surface area contributed by atoms with Gasteiger partial charge in [-0.2, -0.15) is 0 Å². The fraction of sp³-hybridized carbons (Fsp3) is 0.150. The highest BCUT2D eigenvalue weighted by Crippen LogP contribution is 2.25. The summed E-state index contributed by atoms with van der Waals surface area (Å²) >= 11 is 0. The maximum Gasteiger partial charge on any atom is 0.123 e. The molecule has 122 valence electrons. The fourth-order valence-corrected chi connectivity index (χ4v) is 2.55. The maximum absolute atomic E-state index is 12.9. The molecule has 0 saturated heterocycles. The van der Waals surface area contributed by atoms with Crippen LogP contribution in [0.25, 0.3) is 11.1 Å². The highest BCUT2D eigenvalue weighted by atomic mass is 19.1. The van der Waals surface area contributed by atoms with Gasteiger partial charge in [0.1, 0.15) is 11.6 Å². The van der Waals surface area contributed by atoms with E-state index in [1.165, 1.54) is 12.1 Å². The molecule has 1 heterocycles. The molecule has 0 unspecified atom stereocenters. The highest BCUT2D eigenvalue weighted by molar-refractivity contribution is 5.64. The molecule has 0 atom stereocenters. The number of rotatable bonds is 6. The van der Waals surface area contributed by atoms with Gasteiger partial charge in [0.25, 0.3) is 0 Å². The predicted octanol–water partition coefficient (Wildman–Crippen LogP) is 3.93. The molecule has 0 amide bonds. The largest absolute Gasteiger partial charge is 0.508 e. The zero-order valence-corrected chi connectivity index (χ0v) is 13.2. The number of phenols is 1. The van der Waals surface area contributed by atoms with Crippen molar-refractivity contribution in [2.24, 2.45) is 0 Å². The minimum atomic E-state index is -0.219. The topological polar surface area (TPSA) is 45.2 Å². The molecule has 2 N–H and O–H groups in total. The van der Waals surface area contributed by atoms with Crippen molar-refractivity contribution in [2.75, 3.05) is 6.54 Å². The number of phenolic OH excluding ortho intramolecular Hbond substituents is 1. The summed E-state index contributed by atoms with van der Waals surface area (Å²) in [6, 6.07) is 16.0. The van der Waals surface area contributed by atoms with Crippen LogP contribution in [-0.2, 0) is 13.0 Å². The summed E-state index contributed by atoms with van der Waals surface area (Å²) in [5.41, 5.74) is 3.97. The summed E-state index contributed by atoms with van der Waals surface area (Å²) in [6.07, 6.45) is 4.35. The van der Waals surface area contributed by atoms with Gasteiger partial charge >= 0.3 is 0 Å². The van der Waals surface area contributed by atoms with E-state index in [2.05, 4.69) is 10.3 Å². The van der Waals surface area contributed by atoms with Crippen LogP contribution in [-0.4, -0.2) is 16.6 Å². The normalized spacial score (nSPS) is 10.7. The van der Waals surface area contributed by atoms with Crippen molar-refractivity contribution in [3.8, 4) is 16.9 Å². The van der Waals surface area contributed by atoms with Crippen molar-refractivity contribution in [1.29, 1.82) is 0 Å². The van der Waals surface area contributed by atoms with Crippen molar-refractivity contribution in [3.05, 3.63) is 83.9 Å². The van der Waals surface area contributed by atoms with E-state index in [4.69, 9.17) is 0 Å². The Labute approximate surface area is 140 Å². The van der Waals surface area contributed by atoms with E-state index in [9.17, 15) is 9.50 Å². The third-order valence-electron chi connectivity index (χ3n) is 3.89. The summed E-state index contributed by atoms with van der Waals surface area (Å²) in [5.74, 6) is 0.0563. The molecule has 0 aliphatic carbocycles. The summed E-state index contributed by atoms with van der Waals surface area (Å²) < 4.78 is 12.9. The van der Waals surface area contributed by atoms with E-state index < -0.39 is 0 Å². The molecule has 0 radical (unpaired) electrons. The standard InChI is InChI=1S/C20H19FN2O/c21-19-6-3-15(4-7-19)9-11-23-14-18-12-16(5-8-20(18)24)17-2-1-10-22-13-17/h1-8,10,12-13,23-24H,9,11,14H2. The third-order valence-corrected chi connectivity index (χ3v) is 3.89. The molecule has 2 aromatic carbocycles. The van der Waals surface area contributed by atoms with Crippen LogP contribution < -0.4 is 5.32 Å². The Balaban J connectivity index is 1.59. The lowest BCUT2D eigenvalue weighted by molar-refractivity contribution is 0.464. The van der Waals surface area contributed by atoms with Crippen molar-refractivity contribution in [2.45, 2.75) is 13.0 Å². The Bertz CT molecular complexity index is 788. The molecule has 0 aliphatic rings. The van der Waals surface area contributed by atoms with Gasteiger partial charge < -0.3 is 10.4 Å². The first-order chi connectivity index (χ1) is 11.7. The van der Waals surface area contributed by atoms with E-state index >= 15 is 0 Å². The number of nitrogens with zero attached hydrogens (tertiary/aromatic N) is 1. The van der Waals surface area contributed by atoms with Gasteiger partial charge in [0.2, 0.25) is 0 Å². The summed E-state index contributed by atoms with van der Waals surface area (Å²) in [4.78, 5) is 4.12. The van der Waals surface area contributed by atoms with Gasteiger partial charge in [0.05, 0.1) is 0 Å². The second-order valence-corrected chi connectivity index (χ2v) is 5.64. The van der Waals surface area contributed by atoms with Crippen LogP contribution in [0.1, 0.15) is 11.1 Å². The molecule has 0 aliphatic heterocycles. The van der Waals surface area contributed by atoms with E-state index in [1.54, 1.807) is 30.6 Å². The molecule has 3 aromatic rings. The number of hydrogen-bond acceptors (Lipinski definition) is 3. The molecule has 0 fully saturated rings. The van der Waals surface area contributed by atoms with E-state index in [-0.39, 0.29) is 11.6 Å². The molecule has 4 heteroatoms. The molecule has 24 heavy (non-hydrogen) atoms. The van der Waals surface area contributed by atoms with Gasteiger partial charge in [0, 0.05) is 30.1 Å². The van der Waals surface area contributed by atoms with Crippen molar-refractivity contribution in [1.82, 2.24) is 10.3 Å². The van der Waals surface area contributed by atoms with Gasteiger partial charge in [0.15, 0.2) is 0 Å². The lowest BCUT2D eigenvalue weighted by Gasteiger charge is -2.09. The number of pyridine rings is 1. The van der Waals surface area contributed by atoms with Crippen LogP contribution in [0.4, 0.5) is 4.39 Å². The Morgan fingerprint density at radius 1 is 1.00 bits per heavy atom. The lowest BCUT2D eigenvalue weighted by atomic mass is 10.0. The molecular weight excluding hydrogens is 303 g/mol. The SMILES string of the molecule is Oc1ccc(-c2cccnc2)cc1CNCCc1ccc(F)cc1. The van der Waals surface area contributed by atoms with Gasteiger partial charge in [-0.3, -0.25) is 4.98 Å². The first-order valence-corrected chi connectivity index (χ1v) is 7.90. The van der Waals surface area contributed by atoms with Gasteiger partial charge in [-0.1, -0.05) is 24.3 Å². The monoisotopic (exact) mass is 322 g/mol. The average Bonchev–Trinajstić information content (AvgIpc) is 2.62. The van der Waals surface area contributed by atoms with Crippen LogP contribution in [0, 0.1) is 5.82 Å².